The van der Waals surface area contributed by atoms with E-state index in [4.69, 9.17) is 4.74 Å². The number of carbonyl (C=O) groups excluding carboxylic acids is 2. The van der Waals surface area contributed by atoms with Gasteiger partial charge in [0.15, 0.2) is 11.9 Å². The molecule has 118 valence electrons. The van der Waals surface area contributed by atoms with Gasteiger partial charge in [0.25, 0.3) is 0 Å². The zero-order valence-corrected chi connectivity index (χ0v) is 12.6. The van der Waals surface area contributed by atoms with Gasteiger partial charge in [0, 0.05) is 17.6 Å². The molecular formula is C18H16O5. The van der Waals surface area contributed by atoms with Crippen LogP contribution in [0.4, 0.5) is 0 Å². The average Bonchev–Trinajstić information content (AvgIpc) is 2.83. The first kappa shape index (κ1) is 15.2. The van der Waals surface area contributed by atoms with E-state index in [1.165, 1.54) is 0 Å². The van der Waals surface area contributed by atoms with Crippen LogP contribution in [-0.2, 0) is 20.7 Å². The molecule has 0 aromatic heterocycles. The van der Waals surface area contributed by atoms with Gasteiger partial charge in [0.2, 0.25) is 0 Å². The van der Waals surface area contributed by atoms with Gasteiger partial charge in [-0.25, -0.2) is 4.79 Å². The topological polar surface area (TPSA) is 83.8 Å². The molecule has 1 aromatic rings. The maximum atomic E-state index is 12.5. The van der Waals surface area contributed by atoms with E-state index < -0.39 is 18.7 Å². The first-order chi connectivity index (χ1) is 11.1. The second-order valence-electron chi connectivity index (χ2n) is 5.40. The van der Waals surface area contributed by atoms with Crippen LogP contribution in [0.25, 0.3) is 5.76 Å². The Morgan fingerprint density at radius 3 is 2.74 bits per heavy atom. The first-order valence-electron chi connectivity index (χ1n) is 7.30. The van der Waals surface area contributed by atoms with Crippen molar-refractivity contribution in [3.05, 3.63) is 64.3 Å². The summed E-state index contributed by atoms with van der Waals surface area (Å²) in [6.45, 7) is 1.28. The summed E-state index contributed by atoms with van der Waals surface area (Å²) in [6, 6.07) is 7.07. The normalized spacial score (nSPS) is 21.2. The van der Waals surface area contributed by atoms with Gasteiger partial charge >= 0.3 is 5.97 Å². The van der Waals surface area contributed by atoms with Crippen molar-refractivity contribution in [3.63, 3.8) is 0 Å². The van der Waals surface area contributed by atoms with Gasteiger partial charge in [-0.05, 0) is 12.5 Å². The number of hydrogen-bond donors (Lipinski definition) is 2. The molecule has 0 fully saturated rings. The molecule has 0 spiro atoms. The summed E-state index contributed by atoms with van der Waals surface area (Å²) < 4.78 is 5.26. The molecule has 2 N–H and O–H groups in total. The smallest absolute Gasteiger partial charge is 0.337 e. The molecule has 1 aliphatic carbocycles. The number of allylic oxidation sites excluding steroid dienone is 1. The lowest BCUT2D eigenvalue weighted by atomic mass is 9.84. The fourth-order valence-electron chi connectivity index (χ4n) is 2.98. The standard InChI is InChI=1S/C18H16O5/c1-2-5-12-13(9-19)18(22)23-17(12)15-14(20)8-10-6-3-4-7-11(10)16(15)21/h2-7,17,19,21H,8-9H2,1H3/b5-2-. The van der Waals surface area contributed by atoms with Crippen LogP contribution in [0.3, 0.4) is 0 Å². The summed E-state index contributed by atoms with van der Waals surface area (Å²) in [5.74, 6) is -1.13. The third-order valence-electron chi connectivity index (χ3n) is 4.05. The van der Waals surface area contributed by atoms with Crippen molar-refractivity contribution in [2.24, 2.45) is 0 Å². The van der Waals surface area contributed by atoms with Crippen molar-refractivity contribution < 1.29 is 24.5 Å². The third kappa shape index (κ3) is 2.39. The van der Waals surface area contributed by atoms with E-state index in [1.807, 2.05) is 0 Å². The Hall–Kier alpha value is -2.66. The van der Waals surface area contributed by atoms with E-state index in [9.17, 15) is 19.8 Å². The Morgan fingerprint density at radius 2 is 2.04 bits per heavy atom. The number of ketones is 1. The summed E-state index contributed by atoms with van der Waals surface area (Å²) >= 11 is 0. The molecule has 0 saturated carbocycles. The van der Waals surface area contributed by atoms with Crippen molar-refractivity contribution >= 4 is 17.5 Å². The van der Waals surface area contributed by atoms with Crippen LogP contribution in [0, 0.1) is 0 Å². The maximum Gasteiger partial charge on any atom is 0.337 e. The van der Waals surface area contributed by atoms with Gasteiger partial charge in [-0.2, -0.15) is 0 Å². The van der Waals surface area contributed by atoms with Crippen molar-refractivity contribution in [2.45, 2.75) is 19.4 Å². The van der Waals surface area contributed by atoms with Crippen molar-refractivity contribution in [1.29, 1.82) is 0 Å². The Morgan fingerprint density at radius 1 is 1.30 bits per heavy atom. The Kier molecular flexibility index (Phi) is 3.88. The molecule has 1 atom stereocenters. The maximum absolute atomic E-state index is 12.5. The molecule has 23 heavy (non-hydrogen) atoms. The number of aliphatic hydroxyl groups is 2. The number of aliphatic hydroxyl groups excluding tert-OH is 2. The van der Waals surface area contributed by atoms with Crippen LogP contribution in [0.5, 0.6) is 0 Å². The molecule has 0 saturated heterocycles. The SMILES string of the molecule is C/C=C\C1=C(CO)C(=O)OC1C1=C(O)c2ccccc2CC1=O. The van der Waals surface area contributed by atoms with E-state index in [-0.39, 0.29) is 29.1 Å². The highest BCUT2D eigenvalue weighted by Gasteiger charge is 2.40. The van der Waals surface area contributed by atoms with Gasteiger partial charge in [-0.1, -0.05) is 36.4 Å². The average molecular weight is 312 g/mol. The predicted molar refractivity (Wildman–Crippen MR) is 83.5 cm³/mol. The minimum atomic E-state index is -0.985. The van der Waals surface area contributed by atoms with E-state index in [2.05, 4.69) is 0 Å². The summed E-state index contributed by atoms with van der Waals surface area (Å²) in [5, 5.41) is 19.9. The van der Waals surface area contributed by atoms with Crippen LogP contribution < -0.4 is 0 Å². The number of ether oxygens (including phenoxy) is 1. The molecule has 0 amide bonds. The molecule has 1 heterocycles. The number of benzene rings is 1. The zero-order valence-electron chi connectivity index (χ0n) is 12.6. The van der Waals surface area contributed by atoms with Gasteiger partial charge < -0.3 is 14.9 Å². The minimum absolute atomic E-state index is 0.0635. The molecule has 0 bridgehead atoms. The van der Waals surface area contributed by atoms with Gasteiger partial charge in [-0.3, -0.25) is 4.79 Å². The van der Waals surface area contributed by atoms with Crippen LogP contribution in [0.15, 0.2) is 53.1 Å². The fraction of sp³-hybridized carbons (Fsp3) is 0.222. The molecule has 1 aromatic carbocycles. The number of rotatable bonds is 3. The number of carbonyl (C=O) groups is 2. The van der Waals surface area contributed by atoms with Crippen LogP contribution in [0.2, 0.25) is 0 Å². The lowest BCUT2D eigenvalue weighted by Gasteiger charge is -2.23. The lowest BCUT2D eigenvalue weighted by molar-refractivity contribution is -0.139. The number of cyclic esters (lactones) is 1. The van der Waals surface area contributed by atoms with Crippen LogP contribution in [-0.4, -0.2) is 34.7 Å². The van der Waals surface area contributed by atoms with E-state index >= 15 is 0 Å². The highest BCUT2D eigenvalue weighted by atomic mass is 16.5. The second-order valence-corrected chi connectivity index (χ2v) is 5.40. The molecule has 1 aliphatic heterocycles. The van der Waals surface area contributed by atoms with Gasteiger partial charge in [0.05, 0.1) is 17.8 Å². The lowest BCUT2D eigenvalue weighted by Crippen LogP contribution is -2.27. The van der Waals surface area contributed by atoms with Gasteiger partial charge in [0.1, 0.15) is 5.76 Å². The Labute approximate surface area is 133 Å². The van der Waals surface area contributed by atoms with Crippen molar-refractivity contribution in [1.82, 2.24) is 0 Å². The molecular weight excluding hydrogens is 296 g/mol. The predicted octanol–water partition coefficient (Wildman–Crippen LogP) is 1.87. The highest BCUT2D eigenvalue weighted by Crippen LogP contribution is 2.36. The molecule has 5 nitrogen and oxygen atoms in total. The first-order valence-corrected chi connectivity index (χ1v) is 7.30. The van der Waals surface area contributed by atoms with Crippen molar-refractivity contribution in [3.8, 4) is 0 Å². The van der Waals surface area contributed by atoms with Crippen LogP contribution >= 0.6 is 0 Å². The number of esters is 1. The largest absolute Gasteiger partial charge is 0.507 e. The molecule has 3 rings (SSSR count). The van der Waals surface area contributed by atoms with Gasteiger partial charge in [-0.15, -0.1) is 0 Å². The summed E-state index contributed by atoms with van der Waals surface area (Å²) in [7, 11) is 0. The Bertz CT molecular complexity index is 782. The number of Topliss-reactive ketones (excluding diaryl/α,β-unsaturated/α-hetero) is 1. The minimum Gasteiger partial charge on any atom is -0.507 e. The Balaban J connectivity index is 2.16. The second kappa shape index (κ2) is 5.85. The van der Waals surface area contributed by atoms with E-state index in [1.54, 1.807) is 43.3 Å². The fourth-order valence-corrected chi connectivity index (χ4v) is 2.98. The molecule has 1 unspecified atom stereocenters. The van der Waals surface area contributed by atoms with Crippen molar-refractivity contribution in [2.75, 3.05) is 6.61 Å². The quantitative estimate of drug-likeness (QED) is 0.833. The number of fused-ring (bicyclic) bond motifs is 1. The third-order valence-corrected chi connectivity index (χ3v) is 4.05. The molecule has 5 heteroatoms. The molecule has 2 aliphatic rings. The monoisotopic (exact) mass is 312 g/mol. The van der Waals surface area contributed by atoms with Crippen LogP contribution in [0.1, 0.15) is 18.1 Å². The van der Waals surface area contributed by atoms with E-state index in [0.29, 0.717) is 11.1 Å². The summed E-state index contributed by atoms with van der Waals surface area (Å²) in [6.07, 6.45) is 2.47. The van der Waals surface area contributed by atoms with E-state index in [0.717, 1.165) is 5.56 Å². The summed E-state index contributed by atoms with van der Waals surface area (Å²) in [4.78, 5) is 24.4. The summed E-state index contributed by atoms with van der Waals surface area (Å²) in [5.41, 5.74) is 1.89. The zero-order chi connectivity index (χ0) is 16.6. The highest BCUT2D eigenvalue weighted by molar-refractivity contribution is 6.08. The molecule has 0 radical (unpaired) electrons. The number of hydrogen-bond acceptors (Lipinski definition) is 5.